The number of anilines is 1. The van der Waals surface area contributed by atoms with Crippen LogP contribution in [-0.2, 0) is 17.6 Å². The van der Waals surface area contributed by atoms with E-state index < -0.39 is 0 Å². The molecule has 1 aliphatic carbocycles. The molecular formula is C23H24BrN3O. The van der Waals surface area contributed by atoms with E-state index in [9.17, 15) is 10.1 Å². The number of rotatable bonds is 6. The SMILES string of the molecule is CCC(NC(=O)/C(C#N)=C\Nc1ccc(Br)cc1)c1ccc2c(c1)CCCC2. The third-order valence-electron chi connectivity index (χ3n) is 5.08. The number of hydrogen-bond donors (Lipinski definition) is 2. The maximum Gasteiger partial charge on any atom is 0.263 e. The Hall–Kier alpha value is -2.58. The Morgan fingerprint density at radius 1 is 1.18 bits per heavy atom. The van der Waals surface area contributed by atoms with E-state index in [4.69, 9.17) is 0 Å². The lowest BCUT2D eigenvalue weighted by molar-refractivity contribution is -0.117. The zero-order chi connectivity index (χ0) is 19.9. The molecule has 2 aromatic carbocycles. The number of fused-ring (bicyclic) bond motifs is 1. The molecule has 3 rings (SSSR count). The largest absolute Gasteiger partial charge is 0.360 e. The summed E-state index contributed by atoms with van der Waals surface area (Å²) >= 11 is 3.38. The molecule has 0 bridgehead atoms. The van der Waals surface area contributed by atoms with Gasteiger partial charge in [0.15, 0.2) is 0 Å². The van der Waals surface area contributed by atoms with Crippen LogP contribution in [0.3, 0.4) is 0 Å². The standard InChI is InChI=1S/C23H24BrN3O/c1-2-22(18-8-7-16-5-3-4-6-17(16)13-18)27-23(28)19(14-25)15-26-21-11-9-20(24)10-12-21/h7-13,15,22,26H,2-6H2,1H3,(H,27,28)/b19-15-. The second-order valence-corrected chi connectivity index (χ2v) is 7.91. The number of halogens is 1. The van der Waals surface area contributed by atoms with Gasteiger partial charge in [0, 0.05) is 16.4 Å². The highest BCUT2D eigenvalue weighted by Gasteiger charge is 2.18. The molecule has 0 radical (unpaired) electrons. The van der Waals surface area contributed by atoms with E-state index in [1.165, 1.54) is 30.2 Å². The van der Waals surface area contributed by atoms with E-state index >= 15 is 0 Å². The Labute approximate surface area is 174 Å². The average molecular weight is 438 g/mol. The Balaban J connectivity index is 1.70. The zero-order valence-electron chi connectivity index (χ0n) is 16.0. The zero-order valence-corrected chi connectivity index (χ0v) is 17.6. The summed E-state index contributed by atoms with van der Waals surface area (Å²) in [6.07, 6.45) is 6.95. The number of hydrogen-bond acceptors (Lipinski definition) is 3. The predicted octanol–water partition coefficient (Wildman–Crippen LogP) is 5.41. The van der Waals surface area contributed by atoms with Gasteiger partial charge in [-0.3, -0.25) is 4.79 Å². The number of carbonyl (C=O) groups is 1. The Bertz CT molecular complexity index is 912. The van der Waals surface area contributed by atoms with Crippen LogP contribution in [0.5, 0.6) is 0 Å². The number of nitrogens with one attached hydrogen (secondary N) is 2. The number of amides is 1. The van der Waals surface area contributed by atoms with Crippen molar-refractivity contribution in [1.29, 1.82) is 5.26 Å². The first kappa shape index (κ1) is 20.2. The fourth-order valence-corrected chi connectivity index (χ4v) is 3.74. The second kappa shape index (κ2) is 9.57. The van der Waals surface area contributed by atoms with Gasteiger partial charge < -0.3 is 10.6 Å². The number of carbonyl (C=O) groups excluding carboxylic acids is 1. The summed E-state index contributed by atoms with van der Waals surface area (Å²) in [6.45, 7) is 2.04. The molecule has 0 aliphatic heterocycles. The van der Waals surface area contributed by atoms with Crippen LogP contribution in [0.2, 0.25) is 0 Å². The summed E-state index contributed by atoms with van der Waals surface area (Å²) in [5, 5.41) is 15.4. The van der Waals surface area contributed by atoms with Crippen molar-refractivity contribution in [2.24, 2.45) is 0 Å². The average Bonchev–Trinajstić information content (AvgIpc) is 2.73. The topological polar surface area (TPSA) is 64.9 Å². The molecule has 1 amide bonds. The maximum absolute atomic E-state index is 12.6. The minimum absolute atomic E-state index is 0.0549. The number of nitrogens with zero attached hydrogens (tertiary/aromatic N) is 1. The lowest BCUT2D eigenvalue weighted by Crippen LogP contribution is -2.29. The lowest BCUT2D eigenvalue weighted by atomic mass is 9.88. The minimum Gasteiger partial charge on any atom is -0.360 e. The van der Waals surface area contributed by atoms with Gasteiger partial charge in [-0.25, -0.2) is 0 Å². The summed E-state index contributed by atoms with van der Waals surface area (Å²) in [4.78, 5) is 12.6. The first-order chi connectivity index (χ1) is 13.6. The van der Waals surface area contributed by atoms with Crippen LogP contribution in [0, 0.1) is 11.3 Å². The molecule has 0 heterocycles. The Kier molecular flexibility index (Phi) is 6.89. The molecule has 0 spiro atoms. The summed E-state index contributed by atoms with van der Waals surface area (Å²) in [5.41, 5.74) is 4.79. The van der Waals surface area contributed by atoms with Crippen molar-refractivity contribution in [3.8, 4) is 6.07 Å². The van der Waals surface area contributed by atoms with Gasteiger partial charge in [0.2, 0.25) is 0 Å². The van der Waals surface area contributed by atoms with E-state index in [0.717, 1.165) is 35.0 Å². The minimum atomic E-state index is -0.364. The first-order valence-electron chi connectivity index (χ1n) is 9.65. The van der Waals surface area contributed by atoms with Gasteiger partial charge in [-0.1, -0.05) is 41.1 Å². The van der Waals surface area contributed by atoms with E-state index in [0.29, 0.717) is 0 Å². The van der Waals surface area contributed by atoms with Crippen LogP contribution in [-0.4, -0.2) is 5.91 Å². The van der Waals surface area contributed by atoms with E-state index in [1.807, 2.05) is 37.3 Å². The summed E-state index contributed by atoms with van der Waals surface area (Å²) in [7, 11) is 0. The van der Waals surface area contributed by atoms with Crippen molar-refractivity contribution in [3.63, 3.8) is 0 Å². The Morgan fingerprint density at radius 2 is 1.89 bits per heavy atom. The molecule has 0 aromatic heterocycles. The molecular weight excluding hydrogens is 414 g/mol. The van der Waals surface area contributed by atoms with E-state index in [1.54, 1.807) is 0 Å². The molecule has 1 unspecified atom stereocenters. The van der Waals surface area contributed by atoms with Crippen LogP contribution < -0.4 is 10.6 Å². The molecule has 28 heavy (non-hydrogen) atoms. The van der Waals surface area contributed by atoms with Crippen LogP contribution in [0.25, 0.3) is 0 Å². The van der Waals surface area contributed by atoms with Gasteiger partial charge in [0.05, 0.1) is 6.04 Å². The van der Waals surface area contributed by atoms with Crippen molar-refractivity contribution in [3.05, 3.63) is 75.4 Å². The highest BCUT2D eigenvalue weighted by molar-refractivity contribution is 9.10. The fourth-order valence-electron chi connectivity index (χ4n) is 3.48. The molecule has 1 atom stereocenters. The molecule has 5 heteroatoms. The summed E-state index contributed by atoms with van der Waals surface area (Å²) in [5.74, 6) is -0.364. The summed E-state index contributed by atoms with van der Waals surface area (Å²) in [6, 6.07) is 15.9. The smallest absolute Gasteiger partial charge is 0.263 e. The molecule has 0 fully saturated rings. The van der Waals surface area contributed by atoms with Crippen LogP contribution in [0.4, 0.5) is 5.69 Å². The Morgan fingerprint density at radius 3 is 2.57 bits per heavy atom. The lowest BCUT2D eigenvalue weighted by Gasteiger charge is -2.21. The molecule has 1 aliphatic rings. The van der Waals surface area contributed by atoms with Gasteiger partial charge in [-0.2, -0.15) is 5.26 Å². The third-order valence-corrected chi connectivity index (χ3v) is 5.61. The molecule has 2 N–H and O–H groups in total. The quantitative estimate of drug-likeness (QED) is 0.468. The van der Waals surface area contributed by atoms with Gasteiger partial charge in [0.25, 0.3) is 5.91 Å². The first-order valence-corrected chi connectivity index (χ1v) is 10.4. The van der Waals surface area contributed by atoms with Gasteiger partial charge in [-0.05, 0) is 73.1 Å². The van der Waals surface area contributed by atoms with Crippen molar-refractivity contribution in [2.45, 2.75) is 45.1 Å². The molecule has 4 nitrogen and oxygen atoms in total. The molecule has 144 valence electrons. The maximum atomic E-state index is 12.6. The van der Waals surface area contributed by atoms with Crippen LogP contribution in [0.15, 0.2) is 58.7 Å². The number of aryl methyl sites for hydroxylation is 2. The van der Waals surface area contributed by atoms with Gasteiger partial charge >= 0.3 is 0 Å². The second-order valence-electron chi connectivity index (χ2n) is 6.99. The highest BCUT2D eigenvalue weighted by Crippen LogP contribution is 2.26. The normalized spacial score (nSPS) is 14.5. The van der Waals surface area contributed by atoms with Crippen molar-refractivity contribution >= 4 is 27.5 Å². The molecule has 2 aromatic rings. The van der Waals surface area contributed by atoms with Crippen LogP contribution >= 0.6 is 15.9 Å². The summed E-state index contributed by atoms with van der Waals surface area (Å²) < 4.78 is 0.969. The van der Waals surface area contributed by atoms with Crippen LogP contribution in [0.1, 0.15) is 48.9 Å². The van der Waals surface area contributed by atoms with Gasteiger partial charge in [-0.15, -0.1) is 0 Å². The molecule has 0 saturated heterocycles. The number of nitriles is 1. The van der Waals surface area contributed by atoms with Crippen molar-refractivity contribution < 1.29 is 4.79 Å². The predicted molar refractivity (Wildman–Crippen MR) is 116 cm³/mol. The van der Waals surface area contributed by atoms with E-state index in [-0.39, 0.29) is 17.5 Å². The van der Waals surface area contributed by atoms with E-state index in [2.05, 4.69) is 44.8 Å². The van der Waals surface area contributed by atoms with Gasteiger partial charge in [0.1, 0.15) is 11.6 Å². The monoisotopic (exact) mass is 437 g/mol. The third kappa shape index (κ3) is 5.02. The fraction of sp³-hybridized carbons (Fsp3) is 0.304. The van der Waals surface area contributed by atoms with Crippen molar-refractivity contribution in [2.75, 3.05) is 5.32 Å². The molecule has 0 saturated carbocycles. The van der Waals surface area contributed by atoms with Crippen molar-refractivity contribution in [1.82, 2.24) is 5.32 Å². The number of benzene rings is 2. The highest BCUT2D eigenvalue weighted by atomic mass is 79.9.